The van der Waals surface area contributed by atoms with Crippen molar-refractivity contribution in [2.24, 2.45) is 5.92 Å². The highest BCUT2D eigenvalue weighted by Crippen LogP contribution is 2.31. The van der Waals surface area contributed by atoms with Gasteiger partial charge in [0, 0.05) is 18.8 Å². The Balaban J connectivity index is 2.14. The molecule has 0 bridgehead atoms. The van der Waals surface area contributed by atoms with Crippen LogP contribution >= 0.6 is 23.2 Å². The number of anilines is 1. The summed E-state index contributed by atoms with van der Waals surface area (Å²) in [6.45, 7) is 2.92. The van der Waals surface area contributed by atoms with Gasteiger partial charge in [-0.1, -0.05) is 23.2 Å². The first-order valence-corrected chi connectivity index (χ1v) is 6.41. The first-order chi connectivity index (χ1) is 8.11. The predicted molar refractivity (Wildman–Crippen MR) is 70.7 cm³/mol. The molecule has 1 fully saturated rings. The molecule has 0 radical (unpaired) electrons. The Morgan fingerprint density at radius 3 is 2.65 bits per heavy atom. The van der Waals surface area contributed by atoms with E-state index in [1.807, 2.05) is 7.05 Å². The first kappa shape index (κ1) is 12.9. The Labute approximate surface area is 111 Å². The molecule has 94 valence electrons. The Hall–Kier alpha value is -0.510. The Morgan fingerprint density at radius 2 is 2.06 bits per heavy atom. The molecule has 1 aromatic carbocycles. The van der Waals surface area contributed by atoms with E-state index in [1.165, 1.54) is 0 Å². The van der Waals surface area contributed by atoms with Crippen molar-refractivity contribution in [3.05, 3.63) is 28.0 Å². The largest absolute Gasteiger partial charge is 0.371 e. The normalized spacial score (nSPS) is 20.0. The number of benzene rings is 1. The smallest absolute Gasteiger partial charge is 0.160 e. The minimum absolute atomic E-state index is 0.0876. The molecule has 17 heavy (non-hydrogen) atoms. The third-order valence-electron chi connectivity index (χ3n) is 3.11. The second-order valence-electron chi connectivity index (χ2n) is 4.38. The number of halogens is 3. The molecule has 1 heterocycles. The molecule has 0 aliphatic carbocycles. The van der Waals surface area contributed by atoms with E-state index in [1.54, 1.807) is 12.1 Å². The molecular weight excluding hydrogens is 262 g/mol. The van der Waals surface area contributed by atoms with E-state index in [2.05, 4.69) is 10.2 Å². The monoisotopic (exact) mass is 276 g/mol. The molecule has 1 atom stereocenters. The Bertz CT molecular complexity index is 388. The van der Waals surface area contributed by atoms with Crippen molar-refractivity contribution < 1.29 is 4.39 Å². The van der Waals surface area contributed by atoms with E-state index >= 15 is 0 Å². The van der Waals surface area contributed by atoms with Crippen LogP contribution in [0, 0.1) is 11.7 Å². The van der Waals surface area contributed by atoms with Crippen LogP contribution < -0.4 is 10.2 Å². The van der Waals surface area contributed by atoms with Crippen LogP contribution in [0.15, 0.2) is 12.1 Å². The fraction of sp³-hybridized carbons (Fsp3) is 0.500. The summed E-state index contributed by atoms with van der Waals surface area (Å²) in [5.41, 5.74) is 0.903. The van der Waals surface area contributed by atoms with Crippen molar-refractivity contribution in [1.29, 1.82) is 0 Å². The lowest BCUT2D eigenvalue weighted by Gasteiger charge is -2.19. The van der Waals surface area contributed by atoms with Crippen molar-refractivity contribution in [1.82, 2.24) is 5.32 Å². The first-order valence-electron chi connectivity index (χ1n) is 5.66. The second kappa shape index (κ2) is 5.42. The molecule has 2 rings (SSSR count). The van der Waals surface area contributed by atoms with Crippen LogP contribution in [0.2, 0.25) is 10.0 Å². The van der Waals surface area contributed by atoms with Crippen molar-refractivity contribution in [2.75, 3.05) is 31.6 Å². The van der Waals surface area contributed by atoms with Crippen LogP contribution in [0.1, 0.15) is 6.42 Å². The second-order valence-corrected chi connectivity index (χ2v) is 5.20. The predicted octanol–water partition coefficient (Wildman–Crippen LogP) is 3.18. The average molecular weight is 277 g/mol. The molecule has 0 saturated carbocycles. The van der Waals surface area contributed by atoms with Crippen LogP contribution in [-0.4, -0.2) is 26.7 Å². The van der Waals surface area contributed by atoms with Crippen LogP contribution in [-0.2, 0) is 0 Å². The molecule has 1 aromatic rings. The molecule has 1 N–H and O–H groups in total. The summed E-state index contributed by atoms with van der Waals surface area (Å²) in [6, 6.07) is 3.29. The van der Waals surface area contributed by atoms with E-state index in [0.29, 0.717) is 5.92 Å². The van der Waals surface area contributed by atoms with Gasteiger partial charge in [0.2, 0.25) is 0 Å². The van der Waals surface area contributed by atoms with Crippen LogP contribution in [0.25, 0.3) is 0 Å². The zero-order valence-electron chi connectivity index (χ0n) is 9.64. The van der Waals surface area contributed by atoms with Crippen LogP contribution in [0.3, 0.4) is 0 Å². The third-order valence-corrected chi connectivity index (χ3v) is 3.66. The maximum Gasteiger partial charge on any atom is 0.160 e. The van der Waals surface area contributed by atoms with Crippen LogP contribution in [0.4, 0.5) is 10.1 Å². The van der Waals surface area contributed by atoms with Crippen LogP contribution in [0.5, 0.6) is 0 Å². The lowest BCUT2D eigenvalue weighted by atomic mass is 10.1. The van der Waals surface area contributed by atoms with E-state index in [4.69, 9.17) is 23.2 Å². The molecule has 0 aromatic heterocycles. The maximum absolute atomic E-state index is 13.3. The van der Waals surface area contributed by atoms with E-state index in [0.717, 1.165) is 31.7 Å². The molecule has 0 amide bonds. The molecule has 1 aliphatic rings. The number of nitrogens with zero attached hydrogens (tertiary/aromatic N) is 1. The SMILES string of the molecule is CNCC1CCN(c2cc(Cl)c(F)c(Cl)c2)C1. The minimum Gasteiger partial charge on any atom is -0.371 e. The summed E-state index contributed by atoms with van der Waals surface area (Å²) in [5.74, 6) is 0.0886. The van der Waals surface area contributed by atoms with Crippen molar-refractivity contribution in [3.63, 3.8) is 0 Å². The zero-order valence-corrected chi connectivity index (χ0v) is 11.2. The maximum atomic E-state index is 13.3. The fourth-order valence-electron chi connectivity index (χ4n) is 2.25. The number of hydrogen-bond acceptors (Lipinski definition) is 2. The molecule has 1 unspecified atom stereocenters. The summed E-state index contributed by atoms with van der Waals surface area (Å²) in [7, 11) is 1.95. The van der Waals surface area contributed by atoms with Gasteiger partial charge in [0.15, 0.2) is 5.82 Å². The molecule has 1 saturated heterocycles. The topological polar surface area (TPSA) is 15.3 Å². The molecule has 2 nitrogen and oxygen atoms in total. The Kier molecular flexibility index (Phi) is 4.13. The van der Waals surface area contributed by atoms with Gasteiger partial charge in [-0.05, 0) is 38.1 Å². The van der Waals surface area contributed by atoms with Gasteiger partial charge in [-0.2, -0.15) is 0 Å². The highest BCUT2D eigenvalue weighted by atomic mass is 35.5. The average Bonchev–Trinajstić information content (AvgIpc) is 2.74. The summed E-state index contributed by atoms with van der Waals surface area (Å²) in [5, 5.41) is 3.35. The van der Waals surface area contributed by atoms with Crippen molar-refractivity contribution >= 4 is 28.9 Å². The highest BCUT2D eigenvalue weighted by molar-refractivity contribution is 6.35. The summed E-state index contributed by atoms with van der Waals surface area (Å²) < 4.78 is 13.3. The number of hydrogen-bond donors (Lipinski definition) is 1. The van der Waals surface area contributed by atoms with Crippen molar-refractivity contribution in [2.45, 2.75) is 6.42 Å². The number of nitrogens with one attached hydrogen (secondary N) is 1. The summed E-state index contributed by atoms with van der Waals surface area (Å²) >= 11 is 11.6. The summed E-state index contributed by atoms with van der Waals surface area (Å²) in [6.07, 6.45) is 1.13. The summed E-state index contributed by atoms with van der Waals surface area (Å²) in [4.78, 5) is 2.19. The quantitative estimate of drug-likeness (QED) is 0.854. The third kappa shape index (κ3) is 2.84. The lowest BCUT2D eigenvalue weighted by molar-refractivity contribution is 0.549. The molecule has 0 spiro atoms. The van der Waals surface area contributed by atoms with Gasteiger partial charge in [-0.15, -0.1) is 0 Å². The Morgan fingerprint density at radius 1 is 1.41 bits per heavy atom. The lowest BCUT2D eigenvalue weighted by Crippen LogP contribution is -2.24. The molecule has 5 heteroatoms. The van der Waals surface area contributed by atoms with Gasteiger partial charge < -0.3 is 10.2 Å². The van der Waals surface area contributed by atoms with Gasteiger partial charge in [0.05, 0.1) is 10.0 Å². The highest BCUT2D eigenvalue weighted by Gasteiger charge is 2.23. The van der Waals surface area contributed by atoms with Gasteiger partial charge in [-0.3, -0.25) is 0 Å². The van der Waals surface area contributed by atoms with E-state index < -0.39 is 5.82 Å². The fourth-order valence-corrected chi connectivity index (χ4v) is 2.72. The van der Waals surface area contributed by atoms with Gasteiger partial charge in [0.25, 0.3) is 0 Å². The number of rotatable bonds is 3. The minimum atomic E-state index is -0.539. The molecular formula is C12H15Cl2FN2. The van der Waals surface area contributed by atoms with Gasteiger partial charge in [-0.25, -0.2) is 4.39 Å². The van der Waals surface area contributed by atoms with Gasteiger partial charge in [0.1, 0.15) is 0 Å². The van der Waals surface area contributed by atoms with E-state index in [9.17, 15) is 4.39 Å². The van der Waals surface area contributed by atoms with Crippen molar-refractivity contribution in [3.8, 4) is 0 Å². The standard InChI is InChI=1S/C12H15Cl2FN2/c1-16-6-8-2-3-17(7-8)9-4-10(13)12(15)11(14)5-9/h4-5,8,16H,2-3,6-7H2,1H3. The van der Waals surface area contributed by atoms with Gasteiger partial charge >= 0.3 is 0 Å². The zero-order chi connectivity index (χ0) is 12.4. The van der Waals surface area contributed by atoms with E-state index in [-0.39, 0.29) is 10.0 Å². The molecule has 1 aliphatic heterocycles.